The lowest BCUT2D eigenvalue weighted by atomic mass is 10.1. The van der Waals surface area contributed by atoms with Crippen molar-refractivity contribution in [1.29, 1.82) is 0 Å². The topological polar surface area (TPSA) is 82.9 Å². The van der Waals surface area contributed by atoms with E-state index in [4.69, 9.17) is 24.1 Å². The van der Waals surface area contributed by atoms with E-state index >= 15 is 0 Å². The van der Waals surface area contributed by atoms with Crippen molar-refractivity contribution >= 4 is 0 Å². The molecule has 1 aliphatic carbocycles. The third kappa shape index (κ3) is 6.12. The summed E-state index contributed by atoms with van der Waals surface area (Å²) in [6, 6.07) is 1.73. The molecular weight excluding hydrogens is 300 g/mol. The summed E-state index contributed by atoms with van der Waals surface area (Å²) in [6.07, 6.45) is 3.74. The van der Waals surface area contributed by atoms with Crippen LogP contribution in [-0.2, 0) is 31.0 Å². The summed E-state index contributed by atoms with van der Waals surface area (Å²) in [5.41, 5.74) is 0.576. The molecule has 1 N–H and O–H groups in total. The minimum absolute atomic E-state index is 0.0627. The summed E-state index contributed by atoms with van der Waals surface area (Å²) >= 11 is 0. The van der Waals surface area contributed by atoms with Crippen LogP contribution in [0.2, 0.25) is 0 Å². The van der Waals surface area contributed by atoms with Crippen LogP contribution in [0.1, 0.15) is 24.4 Å². The lowest BCUT2D eigenvalue weighted by Crippen LogP contribution is -2.21. The minimum atomic E-state index is -0.0750. The van der Waals surface area contributed by atoms with E-state index in [2.05, 4.69) is 9.97 Å². The number of aliphatic hydroxyl groups excluding tert-OH is 1. The summed E-state index contributed by atoms with van der Waals surface area (Å²) < 4.78 is 21.3. The highest BCUT2D eigenvalue weighted by atomic mass is 16.6. The Hall–Kier alpha value is -1.12. The first kappa shape index (κ1) is 18.2. The molecule has 1 aliphatic rings. The smallest absolute Gasteiger partial charge is 0.137 e. The maximum Gasteiger partial charge on any atom is 0.137 e. The van der Waals surface area contributed by atoms with Crippen molar-refractivity contribution in [2.75, 3.05) is 53.4 Å². The highest BCUT2D eigenvalue weighted by molar-refractivity contribution is 5.19. The van der Waals surface area contributed by atoms with E-state index < -0.39 is 0 Å². The first-order chi connectivity index (χ1) is 11.3. The molecule has 1 saturated carbocycles. The Balaban J connectivity index is 1.56. The predicted molar refractivity (Wildman–Crippen MR) is 83.2 cm³/mol. The molecule has 0 aromatic carbocycles. The van der Waals surface area contributed by atoms with Gasteiger partial charge in [0.1, 0.15) is 5.82 Å². The standard InChI is InChI=1S/C16H26N2O5/c1-20-6-7-21-8-9-22-10-11-23-13-16(3-4-16)15-17-5-2-14(12-19)18-15/h2,5,19H,3-4,6-13H2,1H3. The summed E-state index contributed by atoms with van der Waals surface area (Å²) in [6.45, 7) is 3.93. The van der Waals surface area contributed by atoms with Gasteiger partial charge in [-0.3, -0.25) is 0 Å². The van der Waals surface area contributed by atoms with Crippen LogP contribution < -0.4 is 0 Å². The highest BCUT2D eigenvalue weighted by Crippen LogP contribution is 2.46. The Morgan fingerprint density at radius 2 is 1.70 bits per heavy atom. The van der Waals surface area contributed by atoms with E-state index in [9.17, 15) is 0 Å². The maximum absolute atomic E-state index is 9.16. The van der Waals surface area contributed by atoms with Gasteiger partial charge in [-0.05, 0) is 18.9 Å². The molecule has 0 atom stereocenters. The molecule has 1 fully saturated rings. The Morgan fingerprint density at radius 1 is 1.04 bits per heavy atom. The maximum atomic E-state index is 9.16. The molecule has 0 aliphatic heterocycles. The largest absolute Gasteiger partial charge is 0.390 e. The third-order valence-electron chi connectivity index (χ3n) is 3.76. The number of aliphatic hydroxyl groups is 1. The van der Waals surface area contributed by atoms with Crippen LogP contribution in [0.5, 0.6) is 0 Å². The number of hydrogen-bond acceptors (Lipinski definition) is 7. The lowest BCUT2D eigenvalue weighted by Gasteiger charge is -2.14. The van der Waals surface area contributed by atoms with Gasteiger partial charge in [0, 0.05) is 13.3 Å². The van der Waals surface area contributed by atoms with E-state index in [-0.39, 0.29) is 12.0 Å². The molecule has 0 bridgehead atoms. The second-order valence-electron chi connectivity index (χ2n) is 5.58. The van der Waals surface area contributed by atoms with Crippen LogP contribution in [0.3, 0.4) is 0 Å². The van der Waals surface area contributed by atoms with Gasteiger partial charge in [0.2, 0.25) is 0 Å². The summed E-state index contributed by atoms with van der Waals surface area (Å²) in [5.74, 6) is 0.775. The van der Waals surface area contributed by atoms with Gasteiger partial charge in [-0.1, -0.05) is 0 Å². The van der Waals surface area contributed by atoms with E-state index in [1.807, 2.05) is 0 Å². The Labute approximate surface area is 136 Å². The molecule has 7 heteroatoms. The Bertz CT molecular complexity index is 454. The summed E-state index contributed by atoms with van der Waals surface area (Å²) in [7, 11) is 1.65. The van der Waals surface area contributed by atoms with E-state index in [1.165, 1.54) is 0 Å². The molecule has 2 rings (SSSR count). The van der Waals surface area contributed by atoms with Crippen LogP contribution >= 0.6 is 0 Å². The normalized spacial score (nSPS) is 15.7. The second kappa shape index (κ2) is 9.89. The molecule has 1 aromatic heterocycles. The molecule has 0 amide bonds. The van der Waals surface area contributed by atoms with Crippen LogP contribution in [0, 0.1) is 0 Å². The number of rotatable bonds is 13. The van der Waals surface area contributed by atoms with Gasteiger partial charge in [0.15, 0.2) is 0 Å². The number of aromatic nitrogens is 2. The zero-order valence-electron chi connectivity index (χ0n) is 13.7. The fraction of sp³-hybridized carbons (Fsp3) is 0.750. The predicted octanol–water partition coefficient (Wildman–Crippen LogP) is 0.697. The Kier molecular flexibility index (Phi) is 7.84. The first-order valence-corrected chi connectivity index (χ1v) is 7.96. The van der Waals surface area contributed by atoms with E-state index in [1.54, 1.807) is 19.4 Å². The zero-order chi connectivity index (χ0) is 16.4. The molecule has 130 valence electrons. The molecular formula is C16H26N2O5. The number of nitrogens with zero attached hydrogens (tertiary/aromatic N) is 2. The second-order valence-corrected chi connectivity index (χ2v) is 5.58. The zero-order valence-corrected chi connectivity index (χ0v) is 13.7. The van der Waals surface area contributed by atoms with Gasteiger partial charge >= 0.3 is 0 Å². The van der Waals surface area contributed by atoms with Gasteiger partial charge in [-0.25, -0.2) is 9.97 Å². The van der Waals surface area contributed by atoms with E-state index in [0.29, 0.717) is 51.9 Å². The minimum Gasteiger partial charge on any atom is -0.390 e. The van der Waals surface area contributed by atoms with Crippen molar-refractivity contribution in [3.63, 3.8) is 0 Å². The van der Waals surface area contributed by atoms with Gasteiger partial charge in [-0.2, -0.15) is 0 Å². The number of ether oxygens (including phenoxy) is 4. The monoisotopic (exact) mass is 326 g/mol. The number of hydrogen-bond donors (Lipinski definition) is 1. The molecule has 0 spiro atoms. The average Bonchev–Trinajstić information content (AvgIpc) is 3.38. The molecule has 1 heterocycles. The fourth-order valence-electron chi connectivity index (χ4n) is 2.17. The van der Waals surface area contributed by atoms with Crippen molar-refractivity contribution in [3.8, 4) is 0 Å². The molecule has 0 unspecified atom stereocenters. The molecule has 7 nitrogen and oxygen atoms in total. The molecule has 0 radical (unpaired) electrons. The van der Waals surface area contributed by atoms with Gasteiger partial charge in [0.05, 0.1) is 64.0 Å². The van der Waals surface area contributed by atoms with Crippen LogP contribution in [-0.4, -0.2) is 68.4 Å². The highest BCUT2D eigenvalue weighted by Gasteiger charge is 2.47. The van der Waals surface area contributed by atoms with Crippen molar-refractivity contribution in [2.45, 2.75) is 24.9 Å². The lowest BCUT2D eigenvalue weighted by molar-refractivity contribution is 0.000404. The average molecular weight is 326 g/mol. The summed E-state index contributed by atoms with van der Waals surface area (Å²) in [5, 5.41) is 9.16. The van der Waals surface area contributed by atoms with Crippen molar-refractivity contribution in [2.24, 2.45) is 0 Å². The first-order valence-electron chi connectivity index (χ1n) is 7.96. The van der Waals surface area contributed by atoms with Crippen molar-refractivity contribution in [1.82, 2.24) is 9.97 Å². The van der Waals surface area contributed by atoms with Crippen molar-refractivity contribution in [3.05, 3.63) is 23.8 Å². The summed E-state index contributed by atoms with van der Waals surface area (Å²) in [4.78, 5) is 8.72. The van der Waals surface area contributed by atoms with Gasteiger partial charge < -0.3 is 24.1 Å². The fourth-order valence-corrected chi connectivity index (χ4v) is 2.17. The van der Waals surface area contributed by atoms with Gasteiger partial charge in [-0.15, -0.1) is 0 Å². The van der Waals surface area contributed by atoms with Crippen LogP contribution in [0.15, 0.2) is 12.3 Å². The van der Waals surface area contributed by atoms with Crippen LogP contribution in [0.4, 0.5) is 0 Å². The van der Waals surface area contributed by atoms with E-state index in [0.717, 1.165) is 18.7 Å². The molecule has 0 saturated heterocycles. The molecule has 23 heavy (non-hydrogen) atoms. The third-order valence-corrected chi connectivity index (χ3v) is 3.76. The van der Waals surface area contributed by atoms with Gasteiger partial charge in [0.25, 0.3) is 0 Å². The Morgan fingerprint density at radius 3 is 2.30 bits per heavy atom. The molecule has 1 aromatic rings. The van der Waals surface area contributed by atoms with Crippen molar-refractivity contribution < 1.29 is 24.1 Å². The quantitative estimate of drug-likeness (QED) is 0.534. The van der Waals surface area contributed by atoms with Crippen LogP contribution in [0.25, 0.3) is 0 Å². The number of methoxy groups -OCH3 is 1. The SMILES string of the molecule is COCCOCCOCCOCC1(c2nccc(CO)n2)CC1.